The Kier molecular flexibility index (Phi) is 5.29. The van der Waals surface area contributed by atoms with Crippen molar-refractivity contribution >= 4 is 5.97 Å². The Morgan fingerprint density at radius 2 is 1.81 bits per heavy atom. The molecule has 0 bridgehead atoms. The molecule has 96 valence electrons. The summed E-state index contributed by atoms with van der Waals surface area (Å²) in [6.07, 6.45) is -4.00. The normalized spacial score (nSPS) is 17.7. The molecule has 0 aliphatic rings. The maximum atomic E-state index is 12.7. The Morgan fingerprint density at radius 1 is 1.31 bits per heavy atom. The monoisotopic (exact) mass is 240 g/mol. The van der Waals surface area contributed by atoms with Crippen molar-refractivity contribution in [3.05, 3.63) is 0 Å². The van der Waals surface area contributed by atoms with Gasteiger partial charge in [-0.1, -0.05) is 20.3 Å². The van der Waals surface area contributed by atoms with Crippen LogP contribution in [0.25, 0.3) is 0 Å². The topological polar surface area (TPSA) is 26.3 Å². The van der Waals surface area contributed by atoms with E-state index in [1.807, 2.05) is 6.92 Å². The number of rotatable bonds is 5. The molecule has 5 heteroatoms. The zero-order valence-corrected chi connectivity index (χ0v) is 10.1. The fourth-order valence-corrected chi connectivity index (χ4v) is 1.24. The van der Waals surface area contributed by atoms with Crippen LogP contribution in [0.5, 0.6) is 0 Å². The Hall–Kier alpha value is -0.740. The predicted octanol–water partition coefficient (Wildman–Crippen LogP) is 3.70. The minimum Gasteiger partial charge on any atom is -0.462 e. The van der Waals surface area contributed by atoms with E-state index in [1.54, 1.807) is 6.92 Å². The third-order valence-corrected chi connectivity index (χ3v) is 2.79. The van der Waals surface area contributed by atoms with E-state index >= 15 is 0 Å². The molecular formula is C11H19F3O2. The summed E-state index contributed by atoms with van der Waals surface area (Å²) >= 11 is 0. The van der Waals surface area contributed by atoms with Crippen LogP contribution in [0, 0.1) is 5.41 Å². The summed E-state index contributed by atoms with van der Waals surface area (Å²) in [4.78, 5) is 11.5. The van der Waals surface area contributed by atoms with Crippen LogP contribution in [-0.2, 0) is 9.53 Å². The first-order chi connectivity index (χ1) is 7.19. The van der Waals surface area contributed by atoms with Gasteiger partial charge < -0.3 is 4.74 Å². The second-order valence-electron chi connectivity index (χ2n) is 4.19. The van der Waals surface area contributed by atoms with E-state index in [-0.39, 0.29) is 6.42 Å². The van der Waals surface area contributed by atoms with E-state index in [0.717, 1.165) is 13.3 Å². The number of ether oxygens (including phenoxy) is 1. The van der Waals surface area contributed by atoms with Crippen molar-refractivity contribution < 1.29 is 22.7 Å². The van der Waals surface area contributed by atoms with E-state index in [0.29, 0.717) is 6.42 Å². The summed E-state index contributed by atoms with van der Waals surface area (Å²) in [7, 11) is 0. The van der Waals surface area contributed by atoms with Crippen molar-refractivity contribution in [3.8, 4) is 0 Å². The predicted molar refractivity (Wildman–Crippen MR) is 54.9 cm³/mol. The molecular weight excluding hydrogens is 221 g/mol. The molecule has 0 aliphatic heterocycles. The third kappa shape index (κ3) is 3.39. The summed E-state index contributed by atoms with van der Waals surface area (Å²) in [5.74, 6) is -1.18. The standard InChI is InChI=1S/C11H19F3O2/c1-5-7-8(3)16-9(15)10(4,6-2)11(12,13)14/h8H,5-7H2,1-4H3. The molecule has 2 unspecified atom stereocenters. The maximum Gasteiger partial charge on any atom is 0.404 e. The van der Waals surface area contributed by atoms with Gasteiger partial charge in [0, 0.05) is 0 Å². The second kappa shape index (κ2) is 5.55. The molecule has 0 radical (unpaired) electrons. The van der Waals surface area contributed by atoms with Gasteiger partial charge in [-0.15, -0.1) is 0 Å². The number of hydrogen-bond donors (Lipinski definition) is 0. The van der Waals surface area contributed by atoms with Crippen molar-refractivity contribution in [3.63, 3.8) is 0 Å². The van der Waals surface area contributed by atoms with Gasteiger partial charge in [-0.3, -0.25) is 4.79 Å². The summed E-state index contributed by atoms with van der Waals surface area (Å²) in [6, 6.07) is 0. The Morgan fingerprint density at radius 3 is 2.12 bits per heavy atom. The van der Waals surface area contributed by atoms with E-state index in [2.05, 4.69) is 0 Å². The number of hydrogen-bond acceptors (Lipinski definition) is 2. The van der Waals surface area contributed by atoms with E-state index in [1.165, 1.54) is 6.92 Å². The van der Waals surface area contributed by atoms with Gasteiger partial charge in [-0.05, 0) is 26.7 Å². The number of carbonyl (C=O) groups excluding carboxylic acids is 1. The molecule has 0 spiro atoms. The van der Waals surface area contributed by atoms with Crippen molar-refractivity contribution in [1.82, 2.24) is 0 Å². The van der Waals surface area contributed by atoms with Gasteiger partial charge in [0.1, 0.15) is 0 Å². The van der Waals surface area contributed by atoms with Crippen LogP contribution in [0.1, 0.15) is 47.0 Å². The van der Waals surface area contributed by atoms with Gasteiger partial charge in [-0.25, -0.2) is 0 Å². The quantitative estimate of drug-likeness (QED) is 0.685. The number of carbonyl (C=O) groups is 1. The lowest BCUT2D eigenvalue weighted by atomic mass is 9.87. The Balaban J connectivity index is 4.67. The molecule has 0 saturated heterocycles. The molecule has 0 fully saturated rings. The van der Waals surface area contributed by atoms with E-state index in [9.17, 15) is 18.0 Å². The van der Waals surface area contributed by atoms with Crippen LogP contribution in [-0.4, -0.2) is 18.2 Å². The highest BCUT2D eigenvalue weighted by Crippen LogP contribution is 2.42. The summed E-state index contributed by atoms with van der Waals surface area (Å²) < 4.78 is 42.9. The average molecular weight is 240 g/mol. The van der Waals surface area contributed by atoms with Crippen LogP contribution in [0.15, 0.2) is 0 Å². The Labute approximate surface area is 94.2 Å². The molecule has 0 saturated carbocycles. The summed E-state index contributed by atoms with van der Waals surface area (Å²) in [5, 5.41) is 0. The summed E-state index contributed by atoms with van der Waals surface area (Å²) in [5.41, 5.74) is -2.39. The molecule has 0 aromatic heterocycles. The first-order valence-corrected chi connectivity index (χ1v) is 5.46. The van der Waals surface area contributed by atoms with Crippen molar-refractivity contribution in [2.45, 2.75) is 59.2 Å². The average Bonchev–Trinajstić information content (AvgIpc) is 2.14. The summed E-state index contributed by atoms with van der Waals surface area (Å²) in [6.45, 7) is 5.70. The number of halogens is 3. The zero-order chi connectivity index (χ0) is 13.0. The molecule has 0 aromatic rings. The van der Waals surface area contributed by atoms with Gasteiger partial charge in [-0.2, -0.15) is 13.2 Å². The van der Waals surface area contributed by atoms with Crippen LogP contribution >= 0.6 is 0 Å². The molecule has 0 aromatic carbocycles. The largest absolute Gasteiger partial charge is 0.462 e. The Bertz CT molecular complexity index is 238. The second-order valence-corrected chi connectivity index (χ2v) is 4.19. The SMILES string of the molecule is CCCC(C)OC(=O)C(C)(CC)C(F)(F)F. The van der Waals surface area contributed by atoms with E-state index in [4.69, 9.17) is 4.74 Å². The van der Waals surface area contributed by atoms with Crippen LogP contribution in [0.3, 0.4) is 0 Å². The molecule has 0 aliphatic carbocycles. The molecule has 0 heterocycles. The van der Waals surface area contributed by atoms with Crippen LogP contribution in [0.2, 0.25) is 0 Å². The molecule has 2 nitrogen and oxygen atoms in total. The van der Waals surface area contributed by atoms with Gasteiger partial charge >= 0.3 is 12.1 Å². The number of alkyl halides is 3. The lowest BCUT2D eigenvalue weighted by Crippen LogP contribution is -2.44. The first kappa shape index (κ1) is 15.3. The third-order valence-electron chi connectivity index (χ3n) is 2.79. The van der Waals surface area contributed by atoms with Gasteiger partial charge in [0.2, 0.25) is 0 Å². The first-order valence-electron chi connectivity index (χ1n) is 5.46. The molecule has 16 heavy (non-hydrogen) atoms. The van der Waals surface area contributed by atoms with Gasteiger partial charge in [0.05, 0.1) is 6.10 Å². The molecule has 0 amide bonds. The fraction of sp³-hybridized carbons (Fsp3) is 0.909. The highest BCUT2D eigenvalue weighted by atomic mass is 19.4. The highest BCUT2D eigenvalue weighted by molar-refractivity contribution is 5.77. The number of esters is 1. The minimum absolute atomic E-state index is 0.311. The lowest BCUT2D eigenvalue weighted by molar-refractivity contribution is -0.233. The van der Waals surface area contributed by atoms with Crippen molar-refractivity contribution in [2.75, 3.05) is 0 Å². The lowest BCUT2D eigenvalue weighted by Gasteiger charge is -2.29. The fourth-order valence-electron chi connectivity index (χ4n) is 1.24. The zero-order valence-electron chi connectivity index (χ0n) is 10.1. The smallest absolute Gasteiger partial charge is 0.404 e. The van der Waals surface area contributed by atoms with Gasteiger partial charge in [0.15, 0.2) is 5.41 Å². The van der Waals surface area contributed by atoms with Gasteiger partial charge in [0.25, 0.3) is 0 Å². The minimum atomic E-state index is -4.56. The van der Waals surface area contributed by atoms with Crippen molar-refractivity contribution in [1.29, 1.82) is 0 Å². The molecule has 0 N–H and O–H groups in total. The van der Waals surface area contributed by atoms with Crippen LogP contribution < -0.4 is 0 Å². The van der Waals surface area contributed by atoms with Crippen LogP contribution in [0.4, 0.5) is 13.2 Å². The van der Waals surface area contributed by atoms with E-state index < -0.39 is 23.7 Å². The highest BCUT2D eigenvalue weighted by Gasteiger charge is 2.56. The molecule has 2 atom stereocenters. The molecule has 0 rings (SSSR count). The van der Waals surface area contributed by atoms with Crippen molar-refractivity contribution in [2.24, 2.45) is 5.41 Å². The maximum absolute atomic E-state index is 12.7.